The van der Waals surface area contributed by atoms with Gasteiger partial charge in [-0.15, -0.1) is 22.9 Å². The van der Waals surface area contributed by atoms with Crippen molar-refractivity contribution in [1.82, 2.24) is 4.98 Å². The largest absolute Gasteiger partial charge is 0.508 e. The maximum Gasteiger partial charge on any atom is 0.187 e. The number of halogens is 1. The van der Waals surface area contributed by atoms with Gasteiger partial charge in [-0.3, -0.25) is 0 Å². The van der Waals surface area contributed by atoms with Crippen LogP contribution in [0, 0.1) is 0 Å². The average Bonchev–Trinajstić information content (AvgIpc) is 2.65. The molecule has 78 valence electrons. The van der Waals surface area contributed by atoms with Crippen LogP contribution in [-0.2, 0) is 5.88 Å². The Kier molecular flexibility index (Phi) is 3.08. The average molecular weight is 241 g/mol. The number of alkyl halides is 1. The molecule has 0 radical (unpaired) electrons. The van der Waals surface area contributed by atoms with Crippen molar-refractivity contribution in [3.63, 3.8) is 0 Å². The maximum atomic E-state index is 9.26. The highest BCUT2D eigenvalue weighted by Crippen LogP contribution is 2.23. The van der Waals surface area contributed by atoms with Crippen molar-refractivity contribution in [1.29, 1.82) is 0 Å². The number of nitrogens with one attached hydrogen (secondary N) is 1. The van der Waals surface area contributed by atoms with Crippen molar-refractivity contribution < 1.29 is 5.11 Å². The van der Waals surface area contributed by atoms with Crippen LogP contribution in [0.2, 0.25) is 0 Å². The van der Waals surface area contributed by atoms with Crippen LogP contribution in [0.5, 0.6) is 5.75 Å². The Hall–Kier alpha value is -1.26. The molecule has 1 heterocycles. The minimum atomic E-state index is 0.231. The Morgan fingerprint density at radius 1 is 1.47 bits per heavy atom. The van der Waals surface area contributed by atoms with Crippen LogP contribution in [0.4, 0.5) is 10.8 Å². The van der Waals surface area contributed by atoms with E-state index < -0.39 is 0 Å². The van der Waals surface area contributed by atoms with Crippen molar-refractivity contribution in [2.75, 3.05) is 5.32 Å². The number of anilines is 2. The number of phenols is 1. The fraction of sp³-hybridized carbons (Fsp3) is 0.100. The third kappa shape index (κ3) is 2.61. The van der Waals surface area contributed by atoms with Crippen LogP contribution in [0.25, 0.3) is 0 Å². The highest BCUT2D eigenvalue weighted by molar-refractivity contribution is 7.13. The van der Waals surface area contributed by atoms with Crippen molar-refractivity contribution in [2.45, 2.75) is 5.88 Å². The quantitative estimate of drug-likeness (QED) is 0.809. The van der Waals surface area contributed by atoms with Crippen LogP contribution >= 0.6 is 22.9 Å². The molecule has 3 nitrogen and oxygen atoms in total. The Morgan fingerprint density at radius 2 is 2.33 bits per heavy atom. The molecule has 0 spiro atoms. The second-order valence-electron chi connectivity index (χ2n) is 2.95. The smallest absolute Gasteiger partial charge is 0.187 e. The lowest BCUT2D eigenvalue weighted by Gasteiger charge is -2.01. The van der Waals surface area contributed by atoms with E-state index in [4.69, 9.17) is 11.6 Å². The molecule has 2 N–H and O–H groups in total. The van der Waals surface area contributed by atoms with Crippen LogP contribution in [0.15, 0.2) is 29.6 Å². The predicted molar refractivity (Wildman–Crippen MR) is 63.1 cm³/mol. The zero-order chi connectivity index (χ0) is 10.7. The molecular formula is C10H9ClN2OS. The van der Waals surface area contributed by atoms with Crippen LogP contribution < -0.4 is 5.32 Å². The second-order valence-corrected chi connectivity index (χ2v) is 4.08. The molecule has 0 saturated carbocycles. The Labute approximate surface area is 96.4 Å². The van der Waals surface area contributed by atoms with E-state index >= 15 is 0 Å². The highest BCUT2D eigenvalue weighted by atomic mass is 35.5. The molecule has 2 aromatic rings. The minimum absolute atomic E-state index is 0.231. The van der Waals surface area contributed by atoms with Gasteiger partial charge in [0, 0.05) is 17.1 Å². The first-order valence-corrected chi connectivity index (χ1v) is 5.76. The molecule has 0 aliphatic carbocycles. The summed E-state index contributed by atoms with van der Waals surface area (Å²) < 4.78 is 0. The molecule has 0 aliphatic rings. The molecule has 5 heteroatoms. The number of aromatic nitrogens is 1. The summed E-state index contributed by atoms with van der Waals surface area (Å²) in [6.45, 7) is 0. The molecule has 0 fully saturated rings. The standard InChI is InChI=1S/C10H9ClN2OS/c11-5-8-6-15-10(13-8)12-7-2-1-3-9(14)4-7/h1-4,6,14H,5H2,(H,12,13). The Morgan fingerprint density at radius 3 is 3.00 bits per heavy atom. The van der Waals surface area contributed by atoms with Gasteiger partial charge >= 0.3 is 0 Å². The summed E-state index contributed by atoms with van der Waals surface area (Å²) in [7, 11) is 0. The SMILES string of the molecule is Oc1cccc(Nc2nc(CCl)cs2)c1. The maximum absolute atomic E-state index is 9.26. The number of aromatic hydroxyl groups is 1. The Balaban J connectivity index is 2.14. The summed E-state index contributed by atoms with van der Waals surface area (Å²) in [5.74, 6) is 0.646. The van der Waals surface area contributed by atoms with Gasteiger partial charge in [-0.25, -0.2) is 4.98 Å². The number of rotatable bonds is 3. The molecule has 1 aromatic carbocycles. The van der Waals surface area contributed by atoms with Crippen LogP contribution in [-0.4, -0.2) is 10.1 Å². The van der Waals surface area contributed by atoms with E-state index in [1.165, 1.54) is 11.3 Å². The molecule has 2 rings (SSSR count). The first kappa shape index (κ1) is 10.3. The summed E-state index contributed by atoms with van der Waals surface area (Å²) in [5, 5.41) is 15.0. The third-order valence-electron chi connectivity index (χ3n) is 1.79. The number of nitrogens with zero attached hydrogens (tertiary/aromatic N) is 1. The van der Waals surface area contributed by atoms with Crippen molar-refractivity contribution in [3.8, 4) is 5.75 Å². The van der Waals surface area contributed by atoms with Gasteiger partial charge in [0.15, 0.2) is 5.13 Å². The Bertz CT molecular complexity index is 458. The van der Waals surface area contributed by atoms with Crippen molar-refractivity contribution >= 4 is 33.8 Å². The van der Waals surface area contributed by atoms with E-state index in [0.717, 1.165) is 16.5 Å². The van der Waals surface area contributed by atoms with E-state index in [1.54, 1.807) is 18.2 Å². The molecule has 0 saturated heterocycles. The van der Waals surface area contributed by atoms with E-state index in [1.807, 2.05) is 11.4 Å². The number of hydrogen-bond donors (Lipinski definition) is 2. The first-order chi connectivity index (χ1) is 7.28. The topological polar surface area (TPSA) is 45.1 Å². The minimum Gasteiger partial charge on any atom is -0.508 e. The summed E-state index contributed by atoms with van der Waals surface area (Å²) in [6, 6.07) is 6.90. The van der Waals surface area contributed by atoms with Crippen LogP contribution in [0.3, 0.4) is 0 Å². The molecule has 1 aromatic heterocycles. The van der Waals surface area contributed by atoms with Gasteiger partial charge in [0.1, 0.15) is 5.75 Å². The summed E-state index contributed by atoms with van der Waals surface area (Å²) in [4.78, 5) is 4.25. The molecule has 0 bridgehead atoms. The lowest BCUT2D eigenvalue weighted by atomic mass is 10.3. The number of thiazole rings is 1. The van der Waals surface area contributed by atoms with Gasteiger partial charge in [-0.2, -0.15) is 0 Å². The molecule has 15 heavy (non-hydrogen) atoms. The van der Waals surface area contributed by atoms with Gasteiger partial charge in [-0.1, -0.05) is 6.07 Å². The number of hydrogen-bond acceptors (Lipinski definition) is 4. The number of benzene rings is 1. The highest BCUT2D eigenvalue weighted by Gasteiger charge is 2.01. The molecular weight excluding hydrogens is 232 g/mol. The molecule has 0 aliphatic heterocycles. The van der Waals surface area contributed by atoms with Crippen LogP contribution in [0.1, 0.15) is 5.69 Å². The normalized spacial score (nSPS) is 10.2. The monoisotopic (exact) mass is 240 g/mol. The van der Waals surface area contributed by atoms with Gasteiger partial charge < -0.3 is 10.4 Å². The van der Waals surface area contributed by atoms with Crippen molar-refractivity contribution in [3.05, 3.63) is 35.3 Å². The van der Waals surface area contributed by atoms with Gasteiger partial charge in [0.2, 0.25) is 0 Å². The second kappa shape index (κ2) is 4.51. The number of phenolic OH excluding ortho intramolecular Hbond substituents is 1. The summed E-state index contributed by atoms with van der Waals surface area (Å²) in [5.41, 5.74) is 1.66. The summed E-state index contributed by atoms with van der Waals surface area (Å²) >= 11 is 7.13. The van der Waals surface area contributed by atoms with Gasteiger partial charge in [0.25, 0.3) is 0 Å². The lowest BCUT2D eigenvalue weighted by Crippen LogP contribution is -1.89. The van der Waals surface area contributed by atoms with Crippen molar-refractivity contribution in [2.24, 2.45) is 0 Å². The van der Waals surface area contributed by atoms with Gasteiger partial charge in [0.05, 0.1) is 11.6 Å². The molecule has 0 unspecified atom stereocenters. The summed E-state index contributed by atoms with van der Waals surface area (Å²) in [6.07, 6.45) is 0. The predicted octanol–water partition coefficient (Wildman–Crippen LogP) is 3.33. The van der Waals surface area contributed by atoms with Gasteiger partial charge in [-0.05, 0) is 12.1 Å². The molecule has 0 atom stereocenters. The first-order valence-electron chi connectivity index (χ1n) is 4.34. The zero-order valence-corrected chi connectivity index (χ0v) is 9.35. The fourth-order valence-electron chi connectivity index (χ4n) is 1.13. The van der Waals surface area contributed by atoms with E-state index in [2.05, 4.69) is 10.3 Å². The third-order valence-corrected chi connectivity index (χ3v) is 2.87. The van der Waals surface area contributed by atoms with E-state index in [9.17, 15) is 5.11 Å². The molecule has 0 amide bonds. The lowest BCUT2D eigenvalue weighted by molar-refractivity contribution is 0.475. The van der Waals surface area contributed by atoms with E-state index in [0.29, 0.717) is 5.88 Å². The fourth-order valence-corrected chi connectivity index (χ4v) is 2.09. The van der Waals surface area contributed by atoms with E-state index in [-0.39, 0.29) is 5.75 Å². The zero-order valence-electron chi connectivity index (χ0n) is 7.77.